The summed E-state index contributed by atoms with van der Waals surface area (Å²) < 4.78 is 19.3. The van der Waals surface area contributed by atoms with E-state index in [4.69, 9.17) is 4.42 Å². The molecular weight excluding hydrogens is 367 g/mol. The SMILES string of the molecule is Cc1c(C(=O)N2CCN(c3ccc(F)cc3)CC2)oc2c1ccc1ccccc12. The van der Waals surface area contributed by atoms with E-state index >= 15 is 0 Å². The average Bonchev–Trinajstić information content (AvgIpc) is 3.11. The van der Waals surface area contributed by atoms with Crippen molar-refractivity contribution in [2.24, 2.45) is 0 Å². The third-order valence-corrected chi connectivity index (χ3v) is 5.78. The molecule has 0 aliphatic carbocycles. The second-order valence-corrected chi connectivity index (χ2v) is 7.48. The first kappa shape index (κ1) is 17.7. The van der Waals surface area contributed by atoms with Crippen LogP contribution in [-0.4, -0.2) is 37.0 Å². The van der Waals surface area contributed by atoms with E-state index in [-0.39, 0.29) is 11.7 Å². The fraction of sp³-hybridized carbons (Fsp3) is 0.208. The molecule has 1 saturated heterocycles. The minimum Gasteiger partial charge on any atom is -0.450 e. The maximum absolute atomic E-state index is 13.2. The maximum Gasteiger partial charge on any atom is 0.290 e. The molecule has 0 unspecified atom stereocenters. The summed E-state index contributed by atoms with van der Waals surface area (Å²) in [5.41, 5.74) is 2.63. The molecule has 0 atom stereocenters. The molecule has 1 aromatic heterocycles. The van der Waals surface area contributed by atoms with Crippen LogP contribution in [0.2, 0.25) is 0 Å². The number of rotatable bonds is 2. The lowest BCUT2D eigenvalue weighted by molar-refractivity contribution is 0.0716. The molecular formula is C24H21FN2O2. The zero-order chi connectivity index (χ0) is 20.0. The van der Waals surface area contributed by atoms with E-state index in [2.05, 4.69) is 11.0 Å². The summed E-state index contributed by atoms with van der Waals surface area (Å²) in [5.74, 6) is 0.114. The summed E-state index contributed by atoms with van der Waals surface area (Å²) in [6.45, 7) is 4.57. The van der Waals surface area contributed by atoms with Gasteiger partial charge in [0.05, 0.1) is 0 Å². The van der Waals surface area contributed by atoms with Crippen LogP contribution in [0.15, 0.2) is 65.1 Å². The number of hydrogen-bond donors (Lipinski definition) is 0. The van der Waals surface area contributed by atoms with Gasteiger partial charge in [-0.05, 0) is 36.6 Å². The quantitative estimate of drug-likeness (QED) is 0.485. The normalized spacial score (nSPS) is 14.7. The highest BCUT2D eigenvalue weighted by Crippen LogP contribution is 2.32. The Labute approximate surface area is 168 Å². The summed E-state index contributed by atoms with van der Waals surface area (Å²) in [6, 6.07) is 18.6. The van der Waals surface area contributed by atoms with Gasteiger partial charge in [-0.3, -0.25) is 4.79 Å². The van der Waals surface area contributed by atoms with Gasteiger partial charge < -0.3 is 14.2 Å². The summed E-state index contributed by atoms with van der Waals surface area (Å²) in [7, 11) is 0. The number of carbonyl (C=O) groups is 1. The monoisotopic (exact) mass is 388 g/mol. The van der Waals surface area contributed by atoms with Crippen LogP contribution in [0.4, 0.5) is 10.1 Å². The smallest absolute Gasteiger partial charge is 0.290 e. The zero-order valence-corrected chi connectivity index (χ0v) is 16.2. The van der Waals surface area contributed by atoms with Crippen molar-refractivity contribution in [2.45, 2.75) is 6.92 Å². The highest BCUT2D eigenvalue weighted by molar-refractivity contribution is 6.08. The first-order valence-corrected chi connectivity index (χ1v) is 9.82. The predicted molar refractivity (Wildman–Crippen MR) is 113 cm³/mol. The average molecular weight is 388 g/mol. The number of furan rings is 1. The van der Waals surface area contributed by atoms with Gasteiger partial charge in [0, 0.05) is 48.2 Å². The molecule has 1 amide bonds. The molecule has 1 aliphatic rings. The minimum atomic E-state index is -0.240. The highest BCUT2D eigenvalue weighted by Gasteiger charge is 2.27. The molecule has 0 bridgehead atoms. The van der Waals surface area contributed by atoms with Crippen LogP contribution < -0.4 is 4.90 Å². The van der Waals surface area contributed by atoms with Gasteiger partial charge in [-0.1, -0.05) is 36.4 Å². The van der Waals surface area contributed by atoms with Crippen LogP contribution in [0.25, 0.3) is 21.7 Å². The maximum atomic E-state index is 13.2. The van der Waals surface area contributed by atoms with Gasteiger partial charge in [0.25, 0.3) is 5.91 Å². The Kier molecular flexibility index (Phi) is 4.23. The third-order valence-electron chi connectivity index (χ3n) is 5.78. The first-order valence-electron chi connectivity index (χ1n) is 9.82. The van der Waals surface area contributed by atoms with Crippen molar-refractivity contribution < 1.29 is 13.6 Å². The van der Waals surface area contributed by atoms with Crippen LogP contribution in [0, 0.1) is 12.7 Å². The molecule has 0 radical (unpaired) electrons. The molecule has 1 aliphatic heterocycles. The van der Waals surface area contributed by atoms with E-state index in [0.29, 0.717) is 31.9 Å². The van der Waals surface area contributed by atoms with Crippen LogP contribution in [-0.2, 0) is 0 Å². The number of hydrogen-bond acceptors (Lipinski definition) is 3. The Bertz CT molecular complexity index is 1200. The Hall–Kier alpha value is -3.34. The Morgan fingerprint density at radius 1 is 0.897 bits per heavy atom. The molecule has 4 nitrogen and oxygen atoms in total. The van der Waals surface area contributed by atoms with E-state index in [9.17, 15) is 9.18 Å². The third kappa shape index (κ3) is 3.03. The molecule has 2 heterocycles. The van der Waals surface area contributed by atoms with Gasteiger partial charge in [-0.2, -0.15) is 0 Å². The fourth-order valence-corrected chi connectivity index (χ4v) is 4.12. The van der Waals surface area contributed by atoms with Crippen LogP contribution >= 0.6 is 0 Å². The first-order chi connectivity index (χ1) is 14.1. The summed E-state index contributed by atoms with van der Waals surface area (Å²) in [4.78, 5) is 17.2. The van der Waals surface area contributed by atoms with E-state index in [1.165, 1.54) is 12.1 Å². The topological polar surface area (TPSA) is 36.7 Å². The molecule has 146 valence electrons. The second-order valence-electron chi connectivity index (χ2n) is 7.48. The number of amides is 1. The van der Waals surface area contributed by atoms with Crippen molar-refractivity contribution in [3.05, 3.63) is 77.8 Å². The lowest BCUT2D eigenvalue weighted by Crippen LogP contribution is -2.48. The molecule has 0 N–H and O–H groups in total. The number of piperazine rings is 1. The number of carbonyl (C=O) groups excluding carboxylic acids is 1. The summed E-state index contributed by atoms with van der Waals surface area (Å²) >= 11 is 0. The minimum absolute atomic E-state index is 0.0680. The van der Waals surface area contributed by atoms with Crippen molar-refractivity contribution in [3.8, 4) is 0 Å². The molecule has 1 fully saturated rings. The number of anilines is 1. The number of fused-ring (bicyclic) bond motifs is 3. The van der Waals surface area contributed by atoms with Crippen molar-refractivity contribution in [1.82, 2.24) is 4.90 Å². The Morgan fingerprint density at radius 3 is 2.38 bits per heavy atom. The fourth-order valence-electron chi connectivity index (χ4n) is 4.12. The molecule has 5 heteroatoms. The molecule has 5 rings (SSSR count). The largest absolute Gasteiger partial charge is 0.450 e. The van der Waals surface area contributed by atoms with Gasteiger partial charge in [-0.15, -0.1) is 0 Å². The molecule has 29 heavy (non-hydrogen) atoms. The van der Waals surface area contributed by atoms with Crippen molar-refractivity contribution in [1.29, 1.82) is 0 Å². The van der Waals surface area contributed by atoms with E-state index < -0.39 is 0 Å². The zero-order valence-electron chi connectivity index (χ0n) is 16.2. The van der Waals surface area contributed by atoms with Crippen LogP contribution in [0.1, 0.15) is 16.1 Å². The van der Waals surface area contributed by atoms with E-state index in [1.807, 2.05) is 42.2 Å². The molecule has 4 aromatic rings. The lowest BCUT2D eigenvalue weighted by Gasteiger charge is -2.35. The number of benzene rings is 3. The standard InChI is InChI=1S/C24H21FN2O2/c1-16-20-11-6-17-4-2-3-5-21(17)23(20)29-22(16)24(28)27-14-12-26(13-15-27)19-9-7-18(25)8-10-19/h2-11H,12-15H2,1H3. The Morgan fingerprint density at radius 2 is 1.62 bits per heavy atom. The number of halogens is 1. The second kappa shape index (κ2) is 6.92. The molecule has 0 spiro atoms. The Balaban J connectivity index is 1.40. The van der Waals surface area contributed by atoms with Gasteiger partial charge in [0.15, 0.2) is 5.76 Å². The van der Waals surface area contributed by atoms with Gasteiger partial charge in [0.2, 0.25) is 0 Å². The van der Waals surface area contributed by atoms with Gasteiger partial charge in [0.1, 0.15) is 11.4 Å². The number of nitrogens with zero attached hydrogens (tertiary/aromatic N) is 2. The van der Waals surface area contributed by atoms with Crippen molar-refractivity contribution >= 4 is 33.3 Å². The van der Waals surface area contributed by atoms with Crippen molar-refractivity contribution in [3.63, 3.8) is 0 Å². The number of aryl methyl sites for hydroxylation is 1. The molecule has 3 aromatic carbocycles. The van der Waals surface area contributed by atoms with E-state index in [1.54, 1.807) is 12.1 Å². The molecule has 0 saturated carbocycles. The van der Waals surface area contributed by atoms with Crippen LogP contribution in [0.5, 0.6) is 0 Å². The summed E-state index contributed by atoms with van der Waals surface area (Å²) in [5, 5.41) is 3.10. The van der Waals surface area contributed by atoms with E-state index in [0.717, 1.165) is 33.0 Å². The lowest BCUT2D eigenvalue weighted by atomic mass is 10.1. The van der Waals surface area contributed by atoms with Crippen molar-refractivity contribution in [2.75, 3.05) is 31.1 Å². The highest BCUT2D eigenvalue weighted by atomic mass is 19.1. The van der Waals surface area contributed by atoms with Gasteiger partial charge >= 0.3 is 0 Å². The predicted octanol–water partition coefficient (Wildman–Crippen LogP) is 5.00. The van der Waals surface area contributed by atoms with Crippen LogP contribution in [0.3, 0.4) is 0 Å². The van der Waals surface area contributed by atoms with Gasteiger partial charge in [-0.25, -0.2) is 4.39 Å². The summed E-state index contributed by atoms with van der Waals surface area (Å²) in [6.07, 6.45) is 0.